The number of hydrogen-bond donors (Lipinski definition) is 1. The normalized spacial score (nSPS) is 19.9. The molecule has 1 aliphatic rings. The fourth-order valence-corrected chi connectivity index (χ4v) is 4.35. The first-order chi connectivity index (χ1) is 12.1. The molecule has 3 heterocycles. The quantitative estimate of drug-likeness (QED) is 0.731. The molecule has 0 radical (unpaired) electrons. The van der Waals surface area contributed by atoms with Gasteiger partial charge in [-0.1, -0.05) is 6.07 Å². The van der Waals surface area contributed by atoms with Crippen molar-refractivity contribution in [2.45, 2.75) is 31.2 Å². The second-order valence-corrected chi connectivity index (χ2v) is 7.58. The number of ether oxygens (including phenoxy) is 1. The van der Waals surface area contributed by atoms with Gasteiger partial charge in [-0.15, -0.1) is 23.7 Å². The summed E-state index contributed by atoms with van der Waals surface area (Å²) >= 11 is 1.70. The van der Waals surface area contributed by atoms with Gasteiger partial charge in [-0.05, 0) is 43.0 Å². The number of amides is 1. The van der Waals surface area contributed by atoms with E-state index in [1.165, 1.54) is 4.88 Å². The van der Waals surface area contributed by atoms with E-state index in [0.717, 1.165) is 43.9 Å². The van der Waals surface area contributed by atoms with Crippen LogP contribution in [-0.4, -0.2) is 43.0 Å². The second kappa shape index (κ2) is 9.35. The minimum atomic E-state index is -0.0730. The smallest absolute Gasteiger partial charge is 0.222 e. The highest BCUT2D eigenvalue weighted by Gasteiger charge is 2.39. The molecule has 26 heavy (non-hydrogen) atoms. The molecule has 7 heteroatoms. The number of aromatic nitrogens is 1. The maximum Gasteiger partial charge on any atom is 0.222 e. The predicted molar refractivity (Wildman–Crippen MR) is 107 cm³/mol. The first kappa shape index (κ1) is 20.7. The third-order valence-corrected chi connectivity index (χ3v) is 5.88. The Morgan fingerprint density at radius 3 is 2.92 bits per heavy atom. The van der Waals surface area contributed by atoms with Gasteiger partial charge in [0.2, 0.25) is 5.91 Å². The van der Waals surface area contributed by atoms with E-state index >= 15 is 0 Å². The summed E-state index contributed by atoms with van der Waals surface area (Å²) in [5.41, 5.74) is 1.01. The molecule has 1 amide bonds. The molecular formula is C19H26ClN3O2S. The third kappa shape index (κ3) is 4.55. The number of piperidine rings is 1. The van der Waals surface area contributed by atoms with Gasteiger partial charge in [0.15, 0.2) is 0 Å². The lowest BCUT2D eigenvalue weighted by Crippen LogP contribution is -2.48. The number of nitrogens with one attached hydrogen (secondary N) is 1. The van der Waals surface area contributed by atoms with E-state index in [9.17, 15) is 4.79 Å². The van der Waals surface area contributed by atoms with Crippen LogP contribution in [0.2, 0.25) is 0 Å². The molecule has 2 aromatic rings. The molecule has 0 saturated carbocycles. The zero-order valence-electron chi connectivity index (χ0n) is 15.2. The Kier molecular flexibility index (Phi) is 7.43. The van der Waals surface area contributed by atoms with Crippen molar-refractivity contribution in [1.82, 2.24) is 15.2 Å². The topological polar surface area (TPSA) is 54.5 Å². The minimum Gasteiger partial charge on any atom is -0.496 e. The van der Waals surface area contributed by atoms with Crippen LogP contribution in [0.5, 0.6) is 5.75 Å². The number of pyridine rings is 1. The van der Waals surface area contributed by atoms with Crippen LogP contribution in [0.15, 0.2) is 35.8 Å². The van der Waals surface area contributed by atoms with E-state index < -0.39 is 0 Å². The first-order valence-electron chi connectivity index (χ1n) is 8.61. The van der Waals surface area contributed by atoms with Crippen LogP contribution in [0, 0.1) is 0 Å². The van der Waals surface area contributed by atoms with Crippen LogP contribution in [0.25, 0.3) is 0 Å². The standard InChI is InChI=1S/C19H25N3O2S.ClH/c1-22-14-19(8-6-18(22)23,17-5-3-4-10-21-17)9-11-20-13-16-15(24-2)7-12-25-16;/h3-5,7,10,12,20H,6,8-9,11,13-14H2,1-2H3;1H. The van der Waals surface area contributed by atoms with Crippen LogP contribution in [0.1, 0.15) is 29.8 Å². The molecule has 1 saturated heterocycles. The van der Waals surface area contributed by atoms with Crippen molar-refractivity contribution in [3.63, 3.8) is 0 Å². The molecule has 1 atom stereocenters. The monoisotopic (exact) mass is 395 g/mol. The van der Waals surface area contributed by atoms with Crippen LogP contribution in [0.4, 0.5) is 0 Å². The number of likely N-dealkylation sites (N-methyl/N-ethyl adjacent to an activating group) is 1. The summed E-state index contributed by atoms with van der Waals surface area (Å²) in [6.45, 7) is 2.40. The van der Waals surface area contributed by atoms with E-state index in [4.69, 9.17) is 4.74 Å². The van der Waals surface area contributed by atoms with Gasteiger partial charge in [-0.25, -0.2) is 0 Å². The molecular weight excluding hydrogens is 370 g/mol. The van der Waals surface area contributed by atoms with Gasteiger partial charge in [-0.3, -0.25) is 9.78 Å². The Labute approximate surface area is 165 Å². The van der Waals surface area contributed by atoms with E-state index in [-0.39, 0.29) is 23.7 Å². The summed E-state index contributed by atoms with van der Waals surface area (Å²) in [5, 5.41) is 5.58. The fraction of sp³-hybridized carbons (Fsp3) is 0.474. The van der Waals surface area contributed by atoms with Gasteiger partial charge in [-0.2, -0.15) is 0 Å². The number of hydrogen-bond acceptors (Lipinski definition) is 5. The lowest BCUT2D eigenvalue weighted by Gasteiger charge is -2.41. The number of carbonyl (C=O) groups excluding carboxylic acids is 1. The molecule has 0 aromatic carbocycles. The zero-order valence-corrected chi connectivity index (χ0v) is 16.9. The van der Waals surface area contributed by atoms with Gasteiger partial charge in [0.05, 0.1) is 12.0 Å². The van der Waals surface area contributed by atoms with Gasteiger partial charge < -0.3 is 15.0 Å². The second-order valence-electron chi connectivity index (χ2n) is 6.58. The molecule has 0 aliphatic carbocycles. The summed E-state index contributed by atoms with van der Waals surface area (Å²) in [5.74, 6) is 1.17. The number of halogens is 1. The lowest BCUT2D eigenvalue weighted by atomic mass is 9.74. The van der Waals surface area contributed by atoms with Crippen LogP contribution in [0.3, 0.4) is 0 Å². The van der Waals surface area contributed by atoms with E-state index in [1.807, 2.05) is 41.7 Å². The molecule has 0 spiro atoms. The molecule has 1 unspecified atom stereocenters. The Hall–Kier alpha value is -1.63. The summed E-state index contributed by atoms with van der Waals surface area (Å²) in [6.07, 6.45) is 4.25. The van der Waals surface area contributed by atoms with E-state index in [0.29, 0.717) is 6.42 Å². The molecule has 1 aliphatic heterocycles. The predicted octanol–water partition coefficient (Wildman–Crippen LogP) is 3.24. The Balaban J connectivity index is 0.00000243. The maximum absolute atomic E-state index is 11.9. The molecule has 3 rings (SSSR count). The third-order valence-electron chi connectivity index (χ3n) is 4.98. The maximum atomic E-state index is 11.9. The molecule has 0 bridgehead atoms. The average molecular weight is 396 g/mol. The first-order valence-corrected chi connectivity index (χ1v) is 9.49. The number of nitrogens with zero attached hydrogens (tertiary/aromatic N) is 2. The Morgan fingerprint density at radius 2 is 2.23 bits per heavy atom. The molecule has 2 aromatic heterocycles. The SMILES string of the molecule is COc1ccsc1CNCCC1(c2ccccn2)CCC(=O)N(C)C1.Cl. The zero-order chi connectivity index (χ0) is 17.7. The number of carbonyl (C=O) groups is 1. The van der Waals surface area contributed by atoms with Crippen molar-refractivity contribution >= 4 is 29.7 Å². The molecule has 1 fully saturated rings. The van der Waals surface area contributed by atoms with Crippen LogP contribution < -0.4 is 10.1 Å². The van der Waals surface area contributed by atoms with Gasteiger partial charge in [0, 0.05) is 43.9 Å². The number of thiophene rings is 1. The highest BCUT2D eigenvalue weighted by atomic mass is 35.5. The lowest BCUT2D eigenvalue weighted by molar-refractivity contribution is -0.134. The van der Waals surface area contributed by atoms with Crippen molar-refractivity contribution in [1.29, 1.82) is 0 Å². The highest BCUT2D eigenvalue weighted by Crippen LogP contribution is 2.36. The fourth-order valence-electron chi connectivity index (χ4n) is 3.55. The van der Waals surface area contributed by atoms with Crippen molar-refractivity contribution in [3.05, 3.63) is 46.4 Å². The number of likely N-dealkylation sites (tertiary alicyclic amines) is 1. The van der Waals surface area contributed by atoms with Gasteiger partial charge in [0.1, 0.15) is 5.75 Å². The summed E-state index contributed by atoms with van der Waals surface area (Å²) < 4.78 is 5.36. The van der Waals surface area contributed by atoms with Gasteiger partial charge >= 0.3 is 0 Å². The average Bonchev–Trinajstić information content (AvgIpc) is 3.10. The minimum absolute atomic E-state index is 0. The van der Waals surface area contributed by atoms with Crippen LogP contribution >= 0.6 is 23.7 Å². The molecule has 5 nitrogen and oxygen atoms in total. The van der Waals surface area contributed by atoms with Crippen LogP contribution in [-0.2, 0) is 16.8 Å². The van der Waals surface area contributed by atoms with E-state index in [2.05, 4.69) is 16.4 Å². The number of rotatable bonds is 7. The van der Waals surface area contributed by atoms with E-state index in [1.54, 1.807) is 18.4 Å². The highest BCUT2D eigenvalue weighted by molar-refractivity contribution is 7.10. The molecule has 142 valence electrons. The number of methoxy groups -OCH3 is 1. The van der Waals surface area contributed by atoms with Gasteiger partial charge in [0.25, 0.3) is 0 Å². The van der Waals surface area contributed by atoms with Crippen molar-refractivity contribution < 1.29 is 9.53 Å². The summed E-state index contributed by atoms with van der Waals surface area (Å²) in [6, 6.07) is 8.06. The van der Waals surface area contributed by atoms with Crippen molar-refractivity contribution in [3.8, 4) is 5.75 Å². The molecule has 1 N–H and O–H groups in total. The largest absolute Gasteiger partial charge is 0.496 e. The summed E-state index contributed by atoms with van der Waals surface area (Å²) in [7, 11) is 3.60. The van der Waals surface area contributed by atoms with Crippen molar-refractivity contribution in [2.75, 3.05) is 27.2 Å². The summed E-state index contributed by atoms with van der Waals surface area (Å²) in [4.78, 5) is 19.6. The van der Waals surface area contributed by atoms with Crippen molar-refractivity contribution in [2.24, 2.45) is 0 Å². The Bertz CT molecular complexity index is 710. The Morgan fingerprint density at radius 1 is 1.38 bits per heavy atom.